The fraction of sp³-hybridized carbons (Fsp3) is 0.381. The molecule has 0 aliphatic heterocycles. The summed E-state index contributed by atoms with van der Waals surface area (Å²) in [6.07, 6.45) is 3.83. The van der Waals surface area contributed by atoms with Crippen molar-refractivity contribution in [3.8, 4) is 11.5 Å². The molecular weight excluding hydrogens is 362 g/mol. The number of rotatable bonds is 10. The highest BCUT2D eigenvalue weighted by molar-refractivity contribution is 8.00. The number of aromatic hydroxyl groups is 1. The van der Waals surface area contributed by atoms with E-state index in [9.17, 15) is 9.90 Å². The molecule has 0 aliphatic rings. The van der Waals surface area contributed by atoms with Crippen molar-refractivity contribution in [1.82, 2.24) is 5.48 Å². The molecule has 0 radical (unpaired) electrons. The molecule has 0 heterocycles. The number of hydrogen-bond acceptors (Lipinski definition) is 5. The van der Waals surface area contributed by atoms with E-state index in [1.807, 2.05) is 31.2 Å². The number of methoxy groups -OCH3 is 1. The second-order valence-electron chi connectivity index (χ2n) is 6.49. The lowest BCUT2D eigenvalue weighted by Gasteiger charge is -2.22. The quantitative estimate of drug-likeness (QED) is 0.243. The fourth-order valence-electron chi connectivity index (χ4n) is 2.92. The van der Waals surface area contributed by atoms with Crippen LogP contribution in [-0.4, -0.2) is 28.6 Å². The molecule has 5 nitrogen and oxygen atoms in total. The maximum atomic E-state index is 11.9. The van der Waals surface area contributed by atoms with Gasteiger partial charge in [-0.25, -0.2) is 5.48 Å². The van der Waals surface area contributed by atoms with Gasteiger partial charge in [-0.15, -0.1) is 11.8 Å². The van der Waals surface area contributed by atoms with Gasteiger partial charge in [0.05, 0.1) is 7.11 Å². The number of amides is 1. The maximum Gasteiger partial charge on any atom is 0.247 e. The zero-order valence-corrected chi connectivity index (χ0v) is 16.5. The van der Waals surface area contributed by atoms with Gasteiger partial charge in [0, 0.05) is 16.1 Å². The SMILES string of the molecule is COc1ccc(S[C@H](CCCCc2ccccc2)C(C)C(=O)NO)cc1O. The summed E-state index contributed by atoms with van der Waals surface area (Å²) >= 11 is 1.53. The normalized spacial score (nSPS) is 13.0. The minimum atomic E-state index is -0.395. The second kappa shape index (κ2) is 10.8. The molecule has 2 aromatic carbocycles. The predicted molar refractivity (Wildman–Crippen MR) is 107 cm³/mol. The number of carbonyl (C=O) groups is 1. The number of phenols is 1. The minimum Gasteiger partial charge on any atom is -0.504 e. The van der Waals surface area contributed by atoms with Gasteiger partial charge in [-0.05, 0) is 43.0 Å². The van der Waals surface area contributed by atoms with Gasteiger partial charge in [-0.2, -0.15) is 0 Å². The van der Waals surface area contributed by atoms with Crippen molar-refractivity contribution < 1.29 is 19.8 Å². The predicted octanol–water partition coefficient (Wildman–Crippen LogP) is 4.42. The molecule has 0 saturated heterocycles. The van der Waals surface area contributed by atoms with Gasteiger partial charge in [0.1, 0.15) is 0 Å². The molecule has 2 aromatic rings. The maximum absolute atomic E-state index is 11.9. The zero-order chi connectivity index (χ0) is 19.6. The number of carbonyl (C=O) groups excluding carboxylic acids is 1. The Bertz CT molecular complexity index is 723. The molecule has 3 N–H and O–H groups in total. The average molecular weight is 390 g/mol. The summed E-state index contributed by atoms with van der Waals surface area (Å²) in [5.41, 5.74) is 3.06. The summed E-state index contributed by atoms with van der Waals surface area (Å²) < 4.78 is 5.07. The van der Waals surface area contributed by atoms with E-state index < -0.39 is 5.91 Å². The molecule has 0 saturated carbocycles. The van der Waals surface area contributed by atoms with Crippen molar-refractivity contribution >= 4 is 17.7 Å². The highest BCUT2D eigenvalue weighted by atomic mass is 32.2. The summed E-state index contributed by atoms with van der Waals surface area (Å²) in [6, 6.07) is 15.5. The van der Waals surface area contributed by atoms with Crippen molar-refractivity contribution in [3.63, 3.8) is 0 Å². The summed E-state index contributed by atoms with van der Waals surface area (Å²) in [6.45, 7) is 1.81. The van der Waals surface area contributed by atoms with Crippen LogP contribution in [-0.2, 0) is 11.2 Å². The Morgan fingerprint density at radius 1 is 1.19 bits per heavy atom. The Balaban J connectivity index is 1.98. The van der Waals surface area contributed by atoms with Gasteiger partial charge < -0.3 is 9.84 Å². The number of aryl methyl sites for hydroxylation is 1. The third-order valence-corrected chi connectivity index (χ3v) is 6.04. The molecule has 6 heteroatoms. The number of ether oxygens (including phenoxy) is 1. The molecule has 2 atom stereocenters. The van der Waals surface area contributed by atoms with Gasteiger partial charge in [0.25, 0.3) is 0 Å². The van der Waals surface area contributed by atoms with E-state index in [0.717, 1.165) is 30.6 Å². The molecule has 1 unspecified atom stereocenters. The van der Waals surface area contributed by atoms with Crippen LogP contribution in [0.1, 0.15) is 31.7 Å². The van der Waals surface area contributed by atoms with Crippen LogP contribution in [0.4, 0.5) is 0 Å². The molecule has 27 heavy (non-hydrogen) atoms. The molecule has 0 bridgehead atoms. The monoisotopic (exact) mass is 389 g/mol. The van der Waals surface area contributed by atoms with E-state index in [0.29, 0.717) is 5.75 Å². The molecule has 146 valence electrons. The van der Waals surface area contributed by atoms with Gasteiger partial charge in [0.2, 0.25) is 5.91 Å². The second-order valence-corrected chi connectivity index (χ2v) is 7.80. The molecule has 0 spiro atoms. The Labute approximate surface area is 164 Å². The van der Waals surface area contributed by atoms with Gasteiger partial charge in [-0.3, -0.25) is 10.0 Å². The number of unbranched alkanes of at least 4 members (excludes halogenated alkanes) is 1. The molecule has 0 aliphatic carbocycles. The number of benzene rings is 2. The lowest BCUT2D eigenvalue weighted by molar-refractivity contribution is -0.132. The third-order valence-electron chi connectivity index (χ3n) is 4.57. The topological polar surface area (TPSA) is 78.8 Å². The first-order chi connectivity index (χ1) is 13.0. The first-order valence-corrected chi connectivity index (χ1v) is 9.94. The van der Waals surface area contributed by atoms with Crippen molar-refractivity contribution in [2.24, 2.45) is 5.92 Å². The minimum absolute atomic E-state index is 0.0132. The Morgan fingerprint density at radius 3 is 2.56 bits per heavy atom. The van der Waals surface area contributed by atoms with Crippen LogP contribution < -0.4 is 10.2 Å². The first-order valence-electron chi connectivity index (χ1n) is 9.06. The van der Waals surface area contributed by atoms with E-state index >= 15 is 0 Å². The van der Waals surface area contributed by atoms with Crippen molar-refractivity contribution in [1.29, 1.82) is 0 Å². The van der Waals surface area contributed by atoms with E-state index in [2.05, 4.69) is 12.1 Å². The largest absolute Gasteiger partial charge is 0.504 e. The van der Waals surface area contributed by atoms with Crippen LogP contribution in [0, 0.1) is 5.92 Å². The average Bonchev–Trinajstić information content (AvgIpc) is 2.70. The summed E-state index contributed by atoms with van der Waals surface area (Å²) in [4.78, 5) is 12.8. The van der Waals surface area contributed by atoms with Gasteiger partial charge >= 0.3 is 0 Å². The van der Waals surface area contributed by atoms with Crippen LogP contribution in [0.3, 0.4) is 0 Å². The van der Waals surface area contributed by atoms with E-state index in [1.54, 1.807) is 17.6 Å². The summed E-state index contributed by atoms with van der Waals surface area (Å²) in [5, 5.41) is 19.0. The highest BCUT2D eigenvalue weighted by Gasteiger charge is 2.25. The number of thioether (sulfide) groups is 1. The Morgan fingerprint density at radius 2 is 1.93 bits per heavy atom. The Kier molecular flexibility index (Phi) is 8.48. The van der Waals surface area contributed by atoms with E-state index in [4.69, 9.17) is 9.94 Å². The zero-order valence-electron chi connectivity index (χ0n) is 15.7. The van der Waals surface area contributed by atoms with E-state index in [1.165, 1.54) is 24.4 Å². The van der Waals surface area contributed by atoms with Gasteiger partial charge in [0.15, 0.2) is 11.5 Å². The standard InChI is InChI=1S/C21H27NO4S/c1-15(21(24)22-25)20(11-7-6-10-16-8-4-3-5-9-16)27-17-12-13-19(26-2)18(23)14-17/h3-5,8-9,12-15,20,23,25H,6-7,10-11H2,1-2H3,(H,22,24)/t15?,20-/m1/s1. The molecule has 0 fully saturated rings. The molecule has 0 aromatic heterocycles. The van der Waals surface area contributed by atoms with Crippen LogP contribution in [0.15, 0.2) is 53.4 Å². The van der Waals surface area contributed by atoms with Crippen LogP contribution >= 0.6 is 11.8 Å². The highest BCUT2D eigenvalue weighted by Crippen LogP contribution is 2.36. The smallest absolute Gasteiger partial charge is 0.247 e. The lowest BCUT2D eigenvalue weighted by atomic mass is 10.00. The summed E-state index contributed by atoms with van der Waals surface area (Å²) in [5.74, 6) is -0.265. The lowest BCUT2D eigenvalue weighted by Crippen LogP contribution is -2.32. The van der Waals surface area contributed by atoms with Crippen LogP contribution in [0.5, 0.6) is 11.5 Å². The van der Waals surface area contributed by atoms with Gasteiger partial charge in [-0.1, -0.05) is 43.7 Å². The number of hydrogen-bond donors (Lipinski definition) is 3. The number of nitrogens with one attached hydrogen (secondary N) is 1. The van der Waals surface area contributed by atoms with Crippen molar-refractivity contribution in [2.45, 2.75) is 42.8 Å². The summed E-state index contributed by atoms with van der Waals surface area (Å²) in [7, 11) is 1.51. The van der Waals surface area contributed by atoms with Crippen molar-refractivity contribution in [2.75, 3.05) is 7.11 Å². The fourth-order valence-corrected chi connectivity index (χ4v) is 4.21. The van der Waals surface area contributed by atoms with Crippen LogP contribution in [0.2, 0.25) is 0 Å². The number of hydroxylamine groups is 1. The molecular formula is C21H27NO4S. The van der Waals surface area contributed by atoms with E-state index in [-0.39, 0.29) is 16.9 Å². The van der Waals surface area contributed by atoms with Crippen LogP contribution in [0.25, 0.3) is 0 Å². The first kappa shape index (κ1) is 21.1. The molecule has 1 amide bonds. The van der Waals surface area contributed by atoms with Crippen molar-refractivity contribution in [3.05, 3.63) is 54.1 Å². The molecule has 2 rings (SSSR count). The number of phenolic OH excluding ortho intramolecular Hbond substituents is 1. The third kappa shape index (κ3) is 6.48. The Hall–Kier alpha value is -2.18.